The maximum atomic E-state index is 11.5. The number of aliphatic imine (C=N–C) groups is 1. The van der Waals surface area contributed by atoms with Crippen LogP contribution in [0.3, 0.4) is 0 Å². The molecular formula is C22H28N4O2. The number of carbonyl (C=O) groups excluding carboxylic acids is 1. The first-order valence-electron chi connectivity index (χ1n) is 9.77. The van der Waals surface area contributed by atoms with Gasteiger partial charge in [-0.25, -0.2) is 4.99 Å². The summed E-state index contributed by atoms with van der Waals surface area (Å²) in [7, 11) is 0. The molecule has 0 atom stereocenters. The summed E-state index contributed by atoms with van der Waals surface area (Å²) in [5.41, 5.74) is 1.03. The van der Waals surface area contributed by atoms with E-state index in [0.717, 1.165) is 55.7 Å². The second-order valence-electron chi connectivity index (χ2n) is 6.69. The summed E-state index contributed by atoms with van der Waals surface area (Å²) in [6.45, 7) is 8.04. The molecule has 1 aliphatic rings. The lowest BCUT2D eigenvalue weighted by atomic mass is 10.2. The third kappa shape index (κ3) is 5.25. The van der Waals surface area contributed by atoms with Gasteiger partial charge in [0.15, 0.2) is 5.96 Å². The second kappa shape index (κ2) is 9.78. The van der Waals surface area contributed by atoms with Gasteiger partial charge in [-0.15, -0.1) is 0 Å². The molecule has 28 heavy (non-hydrogen) atoms. The van der Waals surface area contributed by atoms with Crippen LogP contribution in [0.5, 0.6) is 11.5 Å². The quantitative estimate of drug-likeness (QED) is 0.640. The van der Waals surface area contributed by atoms with Crippen molar-refractivity contribution in [2.24, 2.45) is 4.99 Å². The van der Waals surface area contributed by atoms with Crippen LogP contribution in [-0.4, -0.2) is 54.4 Å². The van der Waals surface area contributed by atoms with Gasteiger partial charge in [-0.05, 0) is 25.1 Å². The minimum absolute atomic E-state index is 0.133. The van der Waals surface area contributed by atoms with Gasteiger partial charge in [-0.1, -0.05) is 36.4 Å². The summed E-state index contributed by atoms with van der Waals surface area (Å²) in [5.74, 6) is 2.63. The van der Waals surface area contributed by atoms with Crippen molar-refractivity contribution in [2.45, 2.75) is 20.4 Å². The van der Waals surface area contributed by atoms with Gasteiger partial charge in [0.25, 0.3) is 0 Å². The molecule has 0 aliphatic carbocycles. The Labute approximate surface area is 166 Å². The average Bonchev–Trinajstić information content (AvgIpc) is 2.73. The maximum Gasteiger partial charge on any atom is 0.219 e. The van der Waals surface area contributed by atoms with Crippen LogP contribution < -0.4 is 10.1 Å². The highest BCUT2D eigenvalue weighted by Crippen LogP contribution is 2.25. The molecule has 1 heterocycles. The Hall–Kier alpha value is -3.02. The van der Waals surface area contributed by atoms with Crippen molar-refractivity contribution < 1.29 is 9.53 Å². The summed E-state index contributed by atoms with van der Waals surface area (Å²) in [5, 5.41) is 3.37. The number of carbonyl (C=O) groups is 1. The number of ether oxygens (including phenoxy) is 1. The summed E-state index contributed by atoms with van der Waals surface area (Å²) < 4.78 is 6.04. The fourth-order valence-corrected chi connectivity index (χ4v) is 3.17. The largest absolute Gasteiger partial charge is 0.457 e. The molecule has 6 heteroatoms. The molecule has 1 amide bonds. The number of piperazine rings is 1. The van der Waals surface area contributed by atoms with Gasteiger partial charge in [0, 0.05) is 45.2 Å². The highest BCUT2D eigenvalue weighted by atomic mass is 16.5. The first-order valence-corrected chi connectivity index (χ1v) is 9.77. The predicted molar refractivity (Wildman–Crippen MR) is 112 cm³/mol. The normalized spacial score (nSPS) is 14.7. The minimum atomic E-state index is 0.133. The Morgan fingerprint density at radius 2 is 1.64 bits per heavy atom. The summed E-state index contributed by atoms with van der Waals surface area (Å²) in [4.78, 5) is 20.5. The Morgan fingerprint density at radius 1 is 1.00 bits per heavy atom. The molecule has 1 N–H and O–H groups in total. The summed E-state index contributed by atoms with van der Waals surface area (Å²) in [6.07, 6.45) is 0. The number of rotatable bonds is 5. The molecule has 148 valence electrons. The first-order chi connectivity index (χ1) is 13.7. The molecule has 1 saturated heterocycles. The number of amides is 1. The summed E-state index contributed by atoms with van der Waals surface area (Å²) >= 11 is 0. The van der Waals surface area contributed by atoms with E-state index in [1.807, 2.05) is 59.5 Å². The van der Waals surface area contributed by atoms with Gasteiger partial charge in [0.1, 0.15) is 11.5 Å². The van der Waals surface area contributed by atoms with E-state index in [-0.39, 0.29) is 5.91 Å². The van der Waals surface area contributed by atoms with Crippen molar-refractivity contribution in [3.8, 4) is 11.5 Å². The van der Waals surface area contributed by atoms with Crippen molar-refractivity contribution in [1.29, 1.82) is 0 Å². The average molecular weight is 380 g/mol. The van der Waals surface area contributed by atoms with Crippen LogP contribution in [0.15, 0.2) is 59.6 Å². The predicted octanol–water partition coefficient (Wildman–Crippen LogP) is 3.11. The Bertz CT molecular complexity index is 799. The van der Waals surface area contributed by atoms with Crippen LogP contribution in [0, 0.1) is 0 Å². The van der Waals surface area contributed by atoms with E-state index in [9.17, 15) is 4.79 Å². The van der Waals surface area contributed by atoms with Crippen molar-refractivity contribution in [1.82, 2.24) is 15.1 Å². The molecule has 1 aliphatic heterocycles. The molecule has 1 fully saturated rings. The number of para-hydroxylation sites is 2. The number of hydrogen-bond acceptors (Lipinski definition) is 3. The Morgan fingerprint density at radius 3 is 2.32 bits per heavy atom. The van der Waals surface area contributed by atoms with Crippen LogP contribution in [-0.2, 0) is 11.3 Å². The van der Waals surface area contributed by atoms with E-state index in [2.05, 4.69) is 17.1 Å². The van der Waals surface area contributed by atoms with Crippen molar-refractivity contribution in [3.63, 3.8) is 0 Å². The standard InChI is InChI=1S/C22H28N4O2/c1-3-23-22(26-15-13-25(14-16-26)18(2)27)24-17-19-9-7-8-12-21(19)28-20-10-5-4-6-11-20/h4-12H,3,13-17H2,1-2H3,(H,23,24). The Kier molecular flexibility index (Phi) is 6.89. The zero-order valence-electron chi connectivity index (χ0n) is 16.6. The number of nitrogens with one attached hydrogen (secondary N) is 1. The number of nitrogens with zero attached hydrogens (tertiary/aromatic N) is 3. The van der Waals surface area contributed by atoms with Gasteiger partial charge >= 0.3 is 0 Å². The van der Waals surface area contributed by atoms with E-state index < -0.39 is 0 Å². The fourth-order valence-electron chi connectivity index (χ4n) is 3.17. The smallest absolute Gasteiger partial charge is 0.219 e. The third-order valence-corrected chi connectivity index (χ3v) is 4.70. The van der Waals surface area contributed by atoms with Crippen LogP contribution in [0.1, 0.15) is 19.4 Å². The minimum Gasteiger partial charge on any atom is -0.457 e. The molecular weight excluding hydrogens is 352 g/mol. The number of hydrogen-bond donors (Lipinski definition) is 1. The molecule has 0 saturated carbocycles. The van der Waals surface area contributed by atoms with E-state index in [4.69, 9.17) is 9.73 Å². The van der Waals surface area contributed by atoms with E-state index in [1.54, 1.807) is 6.92 Å². The molecule has 3 rings (SSSR count). The number of benzene rings is 2. The van der Waals surface area contributed by atoms with Crippen LogP contribution in [0.2, 0.25) is 0 Å². The van der Waals surface area contributed by atoms with Crippen molar-refractivity contribution >= 4 is 11.9 Å². The lowest BCUT2D eigenvalue weighted by molar-refractivity contribution is -0.130. The third-order valence-electron chi connectivity index (χ3n) is 4.70. The van der Waals surface area contributed by atoms with Crippen LogP contribution in [0.4, 0.5) is 0 Å². The van der Waals surface area contributed by atoms with Gasteiger partial charge in [0.05, 0.1) is 6.54 Å². The fraction of sp³-hybridized carbons (Fsp3) is 0.364. The molecule has 0 unspecified atom stereocenters. The van der Waals surface area contributed by atoms with Crippen LogP contribution in [0.25, 0.3) is 0 Å². The SMILES string of the molecule is CCNC(=NCc1ccccc1Oc1ccccc1)N1CCN(C(C)=O)CC1. The maximum absolute atomic E-state index is 11.5. The molecule has 0 spiro atoms. The highest BCUT2D eigenvalue weighted by Gasteiger charge is 2.20. The van der Waals surface area contributed by atoms with Gasteiger partial charge in [-0.2, -0.15) is 0 Å². The van der Waals surface area contributed by atoms with Gasteiger partial charge < -0.3 is 19.9 Å². The zero-order valence-corrected chi connectivity index (χ0v) is 16.6. The molecule has 6 nitrogen and oxygen atoms in total. The van der Waals surface area contributed by atoms with Crippen LogP contribution >= 0.6 is 0 Å². The van der Waals surface area contributed by atoms with E-state index in [0.29, 0.717) is 6.54 Å². The monoisotopic (exact) mass is 380 g/mol. The zero-order chi connectivity index (χ0) is 19.8. The second-order valence-corrected chi connectivity index (χ2v) is 6.69. The molecule has 0 aromatic heterocycles. The Balaban J connectivity index is 1.70. The first kappa shape index (κ1) is 19.7. The number of guanidine groups is 1. The molecule has 0 bridgehead atoms. The van der Waals surface area contributed by atoms with Crippen molar-refractivity contribution in [3.05, 3.63) is 60.2 Å². The lowest BCUT2D eigenvalue weighted by Gasteiger charge is -2.36. The topological polar surface area (TPSA) is 57.2 Å². The van der Waals surface area contributed by atoms with E-state index >= 15 is 0 Å². The summed E-state index contributed by atoms with van der Waals surface area (Å²) in [6, 6.07) is 17.8. The van der Waals surface area contributed by atoms with E-state index in [1.165, 1.54) is 0 Å². The van der Waals surface area contributed by atoms with Gasteiger partial charge in [0.2, 0.25) is 5.91 Å². The molecule has 2 aromatic rings. The van der Waals surface area contributed by atoms with Gasteiger partial charge in [-0.3, -0.25) is 4.79 Å². The van der Waals surface area contributed by atoms with Crippen molar-refractivity contribution in [2.75, 3.05) is 32.7 Å². The molecule has 2 aromatic carbocycles. The molecule has 0 radical (unpaired) electrons. The lowest BCUT2D eigenvalue weighted by Crippen LogP contribution is -2.53. The highest BCUT2D eigenvalue weighted by molar-refractivity contribution is 5.80.